The summed E-state index contributed by atoms with van der Waals surface area (Å²) in [5, 5.41) is 10.7. The molecule has 4 rings (SSSR count). The van der Waals surface area contributed by atoms with Crippen LogP contribution in [-0.2, 0) is 16.0 Å². The van der Waals surface area contributed by atoms with E-state index in [4.69, 9.17) is 0 Å². The first-order chi connectivity index (χ1) is 16.2. The maximum Gasteiger partial charge on any atom is 0.573 e. The van der Waals surface area contributed by atoms with Crippen molar-refractivity contribution in [3.05, 3.63) is 102 Å². The highest BCUT2D eigenvalue weighted by molar-refractivity contribution is 6.16. The van der Waals surface area contributed by atoms with Crippen LogP contribution >= 0.6 is 0 Å². The Morgan fingerprint density at radius 2 is 1.74 bits per heavy atom. The lowest BCUT2D eigenvalue weighted by Gasteiger charge is -2.27. The van der Waals surface area contributed by atoms with Crippen LogP contribution in [0.5, 0.6) is 5.75 Å². The number of nitrogens with zero attached hydrogens (tertiary/aromatic N) is 2. The number of benzene rings is 2. The number of amides is 1. The van der Waals surface area contributed by atoms with Gasteiger partial charge in [-0.25, -0.2) is 0 Å². The number of anilines is 1. The summed E-state index contributed by atoms with van der Waals surface area (Å²) in [6, 6.07) is 16.2. The number of carbonyl (C=O) groups is 2. The number of carbonyl (C=O) groups excluding carboxylic acids is 2. The maximum absolute atomic E-state index is 13.2. The molecule has 1 aliphatic heterocycles. The number of hydrogen-bond donors (Lipinski definition) is 1. The van der Waals surface area contributed by atoms with Gasteiger partial charge in [0.1, 0.15) is 5.75 Å². The van der Waals surface area contributed by atoms with E-state index in [9.17, 15) is 27.9 Å². The number of Topliss-reactive ketones (excluding diaryl/α,β-unsaturated/α-hetero) is 1. The Labute approximate surface area is 192 Å². The second-order valence-corrected chi connectivity index (χ2v) is 7.58. The molecule has 9 heteroatoms. The summed E-state index contributed by atoms with van der Waals surface area (Å²) in [4.78, 5) is 31.4. The highest BCUT2D eigenvalue weighted by Crippen LogP contribution is 2.41. The van der Waals surface area contributed by atoms with Crippen LogP contribution in [0.2, 0.25) is 0 Å². The van der Waals surface area contributed by atoms with Gasteiger partial charge in [-0.3, -0.25) is 19.5 Å². The molecule has 0 aliphatic carbocycles. The zero-order valence-electron chi connectivity index (χ0n) is 17.7. The summed E-state index contributed by atoms with van der Waals surface area (Å²) in [5.41, 5.74) is 1.50. The van der Waals surface area contributed by atoms with Crippen LogP contribution in [-0.4, -0.2) is 28.1 Å². The molecule has 0 saturated heterocycles. The number of hydrogen-bond acceptors (Lipinski definition) is 5. The molecule has 2 heterocycles. The zero-order chi connectivity index (χ0) is 24.3. The molecule has 6 nitrogen and oxygen atoms in total. The number of aliphatic hydroxyl groups excluding tert-OH is 1. The Kier molecular flexibility index (Phi) is 6.36. The first-order valence-corrected chi connectivity index (χ1v) is 10.3. The molecule has 0 spiro atoms. The van der Waals surface area contributed by atoms with Crippen LogP contribution < -0.4 is 9.64 Å². The van der Waals surface area contributed by atoms with Gasteiger partial charge in [-0.15, -0.1) is 13.2 Å². The van der Waals surface area contributed by atoms with Crippen molar-refractivity contribution in [1.82, 2.24) is 4.98 Å². The fraction of sp³-hybridized carbons (Fsp3) is 0.160. The summed E-state index contributed by atoms with van der Waals surface area (Å²) < 4.78 is 41.4. The second kappa shape index (κ2) is 9.38. The fourth-order valence-electron chi connectivity index (χ4n) is 3.86. The zero-order valence-corrected chi connectivity index (χ0v) is 17.7. The molecule has 1 amide bonds. The number of aromatic nitrogens is 1. The molecule has 2 aromatic carbocycles. The number of aliphatic hydroxyl groups is 1. The van der Waals surface area contributed by atoms with E-state index in [0.717, 1.165) is 17.7 Å². The predicted octanol–water partition coefficient (Wildman–Crippen LogP) is 5.08. The van der Waals surface area contributed by atoms with Gasteiger partial charge < -0.3 is 9.84 Å². The number of rotatable bonds is 7. The molecule has 0 radical (unpaired) electrons. The molecule has 1 unspecified atom stereocenters. The van der Waals surface area contributed by atoms with E-state index in [1.165, 1.54) is 29.4 Å². The third-order valence-corrected chi connectivity index (χ3v) is 5.34. The van der Waals surface area contributed by atoms with Crippen molar-refractivity contribution < 1.29 is 32.6 Å². The normalized spacial score (nSPS) is 16.1. The van der Waals surface area contributed by atoms with Crippen molar-refractivity contribution in [2.45, 2.75) is 25.2 Å². The largest absolute Gasteiger partial charge is 0.573 e. The van der Waals surface area contributed by atoms with E-state index in [1.54, 1.807) is 12.1 Å². The van der Waals surface area contributed by atoms with E-state index in [0.29, 0.717) is 12.0 Å². The number of aryl methyl sites for hydroxylation is 1. The summed E-state index contributed by atoms with van der Waals surface area (Å²) in [6.45, 7) is 0. The first kappa shape index (κ1) is 23.0. The molecule has 3 aromatic rings. The third-order valence-electron chi connectivity index (χ3n) is 5.34. The number of halogens is 3. The van der Waals surface area contributed by atoms with Crippen molar-refractivity contribution in [3.8, 4) is 5.75 Å². The van der Waals surface area contributed by atoms with Crippen molar-refractivity contribution in [2.75, 3.05) is 4.90 Å². The third kappa shape index (κ3) is 4.93. The molecular weight excluding hydrogens is 449 g/mol. The van der Waals surface area contributed by atoms with Gasteiger partial charge in [0.15, 0.2) is 11.5 Å². The van der Waals surface area contributed by atoms with E-state index in [2.05, 4.69) is 9.72 Å². The fourth-order valence-corrected chi connectivity index (χ4v) is 3.86. The molecule has 0 fully saturated rings. The van der Waals surface area contributed by atoms with Gasteiger partial charge in [-0.2, -0.15) is 0 Å². The van der Waals surface area contributed by atoms with E-state index in [1.807, 2.05) is 30.3 Å². The van der Waals surface area contributed by atoms with Gasteiger partial charge in [-0.05, 0) is 47.9 Å². The van der Waals surface area contributed by atoms with Crippen LogP contribution in [0.25, 0.3) is 0 Å². The monoisotopic (exact) mass is 468 g/mol. The van der Waals surface area contributed by atoms with E-state index in [-0.39, 0.29) is 17.7 Å². The SMILES string of the molecule is O=C(CCc1ccccc1)C1=C(O)C(=O)N(c2ccc(OC(F)(F)F)cc2)C1c1cccnc1. The van der Waals surface area contributed by atoms with Crippen LogP contribution in [0.4, 0.5) is 18.9 Å². The number of ketones is 1. The smallest absolute Gasteiger partial charge is 0.503 e. The lowest BCUT2D eigenvalue weighted by atomic mass is 9.94. The Morgan fingerprint density at radius 3 is 2.35 bits per heavy atom. The van der Waals surface area contributed by atoms with Crippen LogP contribution in [0, 0.1) is 0 Å². The minimum absolute atomic E-state index is 0.0552. The van der Waals surface area contributed by atoms with Crippen molar-refractivity contribution in [2.24, 2.45) is 0 Å². The minimum Gasteiger partial charge on any atom is -0.503 e. The topological polar surface area (TPSA) is 79.7 Å². The van der Waals surface area contributed by atoms with Gasteiger partial charge in [0.05, 0.1) is 11.6 Å². The highest BCUT2D eigenvalue weighted by Gasteiger charge is 2.44. The molecule has 174 valence electrons. The summed E-state index contributed by atoms with van der Waals surface area (Å²) >= 11 is 0. The van der Waals surface area contributed by atoms with E-state index >= 15 is 0 Å². The highest BCUT2D eigenvalue weighted by atomic mass is 19.4. The number of alkyl halides is 3. The first-order valence-electron chi connectivity index (χ1n) is 10.3. The molecule has 1 N–H and O–H groups in total. The van der Waals surface area contributed by atoms with Crippen molar-refractivity contribution in [1.29, 1.82) is 0 Å². The summed E-state index contributed by atoms with van der Waals surface area (Å²) in [6.07, 6.45) is -1.40. The lowest BCUT2D eigenvalue weighted by molar-refractivity contribution is -0.274. The average Bonchev–Trinajstić information content (AvgIpc) is 3.09. The molecule has 0 bridgehead atoms. The quantitative estimate of drug-likeness (QED) is 0.523. The summed E-state index contributed by atoms with van der Waals surface area (Å²) in [7, 11) is 0. The molecule has 34 heavy (non-hydrogen) atoms. The Hall–Kier alpha value is -4.14. The Balaban J connectivity index is 1.66. The van der Waals surface area contributed by atoms with Gasteiger partial charge in [0, 0.05) is 24.5 Å². The van der Waals surface area contributed by atoms with E-state index < -0.39 is 35.6 Å². The average molecular weight is 468 g/mol. The number of ether oxygens (including phenoxy) is 1. The molecule has 1 atom stereocenters. The lowest BCUT2D eigenvalue weighted by Crippen LogP contribution is -2.31. The Morgan fingerprint density at radius 1 is 1.03 bits per heavy atom. The number of pyridine rings is 1. The van der Waals surface area contributed by atoms with Gasteiger partial charge in [-0.1, -0.05) is 36.4 Å². The Bertz CT molecular complexity index is 1210. The molecule has 1 aromatic heterocycles. The minimum atomic E-state index is -4.86. The standard InChI is InChI=1S/C25H19F3N2O4/c26-25(27,28)34-19-11-9-18(10-12-19)30-22(17-7-4-14-29-15-17)21(23(32)24(30)33)20(31)13-8-16-5-2-1-3-6-16/h1-7,9-12,14-15,22,32H,8,13H2. The van der Waals surface area contributed by atoms with Gasteiger partial charge in [0.25, 0.3) is 5.91 Å². The van der Waals surface area contributed by atoms with Gasteiger partial charge in [0.2, 0.25) is 0 Å². The van der Waals surface area contributed by atoms with Crippen molar-refractivity contribution >= 4 is 17.4 Å². The van der Waals surface area contributed by atoms with Crippen LogP contribution in [0.1, 0.15) is 23.6 Å². The second-order valence-electron chi connectivity index (χ2n) is 7.58. The predicted molar refractivity (Wildman–Crippen MR) is 117 cm³/mol. The molecular formula is C25H19F3N2O4. The van der Waals surface area contributed by atoms with Crippen LogP contribution in [0.15, 0.2) is 90.5 Å². The summed E-state index contributed by atoms with van der Waals surface area (Å²) in [5.74, 6) is -2.40. The molecule has 0 saturated carbocycles. The van der Waals surface area contributed by atoms with Gasteiger partial charge >= 0.3 is 6.36 Å². The molecule has 1 aliphatic rings. The maximum atomic E-state index is 13.2. The van der Waals surface area contributed by atoms with Crippen LogP contribution in [0.3, 0.4) is 0 Å². The van der Waals surface area contributed by atoms with Crippen molar-refractivity contribution in [3.63, 3.8) is 0 Å².